The number of carbonyl (C=O) groups is 1. The van der Waals surface area contributed by atoms with Gasteiger partial charge in [-0.1, -0.05) is 18.2 Å². The van der Waals surface area contributed by atoms with E-state index in [1.807, 2.05) is 0 Å². The van der Waals surface area contributed by atoms with Gasteiger partial charge in [0.25, 0.3) is 0 Å². The van der Waals surface area contributed by atoms with Gasteiger partial charge in [0, 0.05) is 5.56 Å². The molecule has 96 valence electrons. The summed E-state index contributed by atoms with van der Waals surface area (Å²) in [7, 11) is 0. The van der Waals surface area contributed by atoms with E-state index >= 15 is 0 Å². The Morgan fingerprint density at radius 1 is 1.44 bits per heavy atom. The largest absolute Gasteiger partial charge is 0.477 e. The normalized spacial score (nSPS) is 12.6. The predicted octanol–water partition coefficient (Wildman–Crippen LogP) is 0.686. The van der Waals surface area contributed by atoms with E-state index in [1.54, 1.807) is 18.2 Å². The third-order valence-corrected chi connectivity index (χ3v) is 2.14. The maximum absolute atomic E-state index is 13.3. The maximum Gasteiger partial charge on any atom is 0.351 e. The smallest absolute Gasteiger partial charge is 0.351 e. The molecule has 0 aliphatic carbocycles. The molecular formula is C12H13FN2O3. The van der Waals surface area contributed by atoms with Crippen LogP contribution >= 0.6 is 0 Å². The lowest BCUT2D eigenvalue weighted by Gasteiger charge is -2.01. The van der Waals surface area contributed by atoms with E-state index < -0.39 is 24.1 Å². The lowest BCUT2D eigenvalue weighted by molar-refractivity contribution is -0.132. The van der Waals surface area contributed by atoms with Crippen LogP contribution in [-0.4, -0.2) is 28.5 Å². The number of nitrogens with two attached hydrogens (primary N) is 1. The van der Waals surface area contributed by atoms with Crippen LogP contribution in [-0.2, 0) is 11.3 Å². The molecule has 4 N–H and O–H groups in total. The third kappa shape index (κ3) is 3.99. The number of nitrogens with zero attached hydrogens (tertiary/aromatic N) is 1. The minimum absolute atomic E-state index is 0.00592. The Labute approximate surface area is 103 Å². The minimum atomic E-state index is -1.30. The molecule has 0 saturated carbocycles. The van der Waals surface area contributed by atoms with Gasteiger partial charge in [0.1, 0.15) is 11.5 Å². The third-order valence-electron chi connectivity index (χ3n) is 2.14. The Kier molecular flexibility index (Phi) is 5.01. The van der Waals surface area contributed by atoms with Crippen LogP contribution in [0.1, 0.15) is 5.56 Å². The Bertz CT molecular complexity index is 498. The highest BCUT2D eigenvalue weighted by atomic mass is 19.1. The molecule has 1 aromatic carbocycles. The second-order valence-corrected chi connectivity index (χ2v) is 3.46. The molecule has 0 unspecified atom stereocenters. The van der Waals surface area contributed by atoms with Crippen molar-refractivity contribution in [2.24, 2.45) is 10.7 Å². The van der Waals surface area contributed by atoms with Crippen molar-refractivity contribution >= 4 is 11.7 Å². The van der Waals surface area contributed by atoms with Gasteiger partial charge in [0.15, 0.2) is 0 Å². The number of benzene rings is 1. The van der Waals surface area contributed by atoms with Crippen molar-refractivity contribution in [3.8, 4) is 0 Å². The molecule has 18 heavy (non-hydrogen) atoms. The van der Waals surface area contributed by atoms with Crippen molar-refractivity contribution in [3.63, 3.8) is 0 Å². The topological polar surface area (TPSA) is 95.9 Å². The SMILES string of the molecule is NC(=CC(CO)=NCc1ccccc1F)C(=O)O. The van der Waals surface area contributed by atoms with Gasteiger partial charge in [-0.2, -0.15) is 0 Å². The Hall–Kier alpha value is -2.21. The molecule has 0 spiro atoms. The van der Waals surface area contributed by atoms with E-state index in [4.69, 9.17) is 15.9 Å². The van der Waals surface area contributed by atoms with Crippen molar-refractivity contribution in [3.05, 3.63) is 47.4 Å². The number of rotatable bonds is 5. The molecule has 0 aromatic heterocycles. The molecule has 0 aliphatic rings. The maximum atomic E-state index is 13.3. The molecule has 0 fully saturated rings. The first-order valence-corrected chi connectivity index (χ1v) is 5.12. The van der Waals surface area contributed by atoms with Gasteiger partial charge in [-0.05, 0) is 12.1 Å². The van der Waals surface area contributed by atoms with Gasteiger partial charge in [-0.15, -0.1) is 0 Å². The number of carboxylic acids is 1. The fourth-order valence-corrected chi connectivity index (χ4v) is 1.20. The standard InChI is InChI=1S/C12H13FN2O3/c13-10-4-2-1-3-8(10)6-15-9(7-16)5-11(14)12(17)18/h1-5,16H,6-7,14H2,(H,17,18). The van der Waals surface area contributed by atoms with Crippen LogP contribution in [0.25, 0.3) is 0 Å². The second-order valence-electron chi connectivity index (χ2n) is 3.46. The summed E-state index contributed by atoms with van der Waals surface area (Å²) in [4.78, 5) is 14.4. The van der Waals surface area contributed by atoms with Crippen LogP contribution in [0.5, 0.6) is 0 Å². The Morgan fingerprint density at radius 2 is 2.11 bits per heavy atom. The van der Waals surface area contributed by atoms with E-state index in [0.29, 0.717) is 5.56 Å². The molecule has 0 radical (unpaired) electrons. The lowest BCUT2D eigenvalue weighted by atomic mass is 10.2. The molecule has 1 aromatic rings. The first-order valence-electron chi connectivity index (χ1n) is 5.12. The monoisotopic (exact) mass is 252 g/mol. The molecule has 5 nitrogen and oxygen atoms in total. The number of aliphatic carboxylic acids is 1. The van der Waals surface area contributed by atoms with Gasteiger partial charge >= 0.3 is 5.97 Å². The first kappa shape index (κ1) is 13.9. The average molecular weight is 252 g/mol. The summed E-state index contributed by atoms with van der Waals surface area (Å²) >= 11 is 0. The Morgan fingerprint density at radius 3 is 2.67 bits per heavy atom. The number of aliphatic hydroxyl groups is 1. The fraction of sp³-hybridized carbons (Fsp3) is 0.167. The molecule has 0 bridgehead atoms. The molecule has 0 aliphatic heterocycles. The number of carboxylic acid groups (broad SMARTS) is 1. The van der Waals surface area contributed by atoms with Crippen LogP contribution < -0.4 is 5.73 Å². The van der Waals surface area contributed by atoms with Crippen LogP contribution in [0.3, 0.4) is 0 Å². The zero-order chi connectivity index (χ0) is 13.5. The molecule has 0 amide bonds. The summed E-state index contributed by atoms with van der Waals surface area (Å²) in [5.74, 6) is -1.71. The number of halogens is 1. The van der Waals surface area contributed by atoms with Gasteiger partial charge < -0.3 is 15.9 Å². The molecule has 6 heteroatoms. The Balaban J connectivity index is 2.84. The van der Waals surface area contributed by atoms with E-state index in [0.717, 1.165) is 6.08 Å². The highest BCUT2D eigenvalue weighted by Gasteiger charge is 2.04. The number of aliphatic imine (C=N–C) groups is 1. The summed E-state index contributed by atoms with van der Waals surface area (Å²) in [5.41, 5.74) is 5.19. The van der Waals surface area contributed by atoms with Gasteiger partial charge in [-0.3, -0.25) is 4.99 Å². The van der Waals surface area contributed by atoms with Crippen molar-refractivity contribution in [2.45, 2.75) is 6.54 Å². The lowest BCUT2D eigenvalue weighted by Crippen LogP contribution is -2.14. The molecule has 0 heterocycles. The van der Waals surface area contributed by atoms with E-state index in [1.165, 1.54) is 6.07 Å². The summed E-state index contributed by atoms with van der Waals surface area (Å²) in [6, 6.07) is 6.06. The van der Waals surface area contributed by atoms with E-state index in [2.05, 4.69) is 4.99 Å². The van der Waals surface area contributed by atoms with Crippen molar-refractivity contribution in [1.29, 1.82) is 0 Å². The molecule has 1 rings (SSSR count). The number of hydrogen-bond donors (Lipinski definition) is 3. The molecular weight excluding hydrogens is 239 g/mol. The zero-order valence-electron chi connectivity index (χ0n) is 9.51. The van der Waals surface area contributed by atoms with E-state index in [-0.39, 0.29) is 12.3 Å². The van der Waals surface area contributed by atoms with Crippen LogP contribution in [0.2, 0.25) is 0 Å². The quantitative estimate of drug-likeness (QED) is 0.530. The summed E-state index contributed by atoms with van der Waals surface area (Å²) in [6.07, 6.45) is 1.04. The molecule has 0 atom stereocenters. The zero-order valence-corrected chi connectivity index (χ0v) is 9.51. The van der Waals surface area contributed by atoms with Gasteiger partial charge in [0.2, 0.25) is 0 Å². The van der Waals surface area contributed by atoms with Gasteiger partial charge in [-0.25, -0.2) is 9.18 Å². The average Bonchev–Trinajstić information content (AvgIpc) is 2.35. The number of aliphatic hydroxyl groups excluding tert-OH is 1. The fourth-order valence-electron chi connectivity index (χ4n) is 1.20. The van der Waals surface area contributed by atoms with Crippen molar-refractivity contribution in [1.82, 2.24) is 0 Å². The summed E-state index contributed by atoms with van der Waals surface area (Å²) in [6.45, 7) is -0.464. The minimum Gasteiger partial charge on any atom is -0.477 e. The van der Waals surface area contributed by atoms with Crippen molar-refractivity contribution < 1.29 is 19.4 Å². The first-order chi connectivity index (χ1) is 8.54. The van der Waals surface area contributed by atoms with E-state index in [9.17, 15) is 9.18 Å². The van der Waals surface area contributed by atoms with Crippen molar-refractivity contribution in [2.75, 3.05) is 6.61 Å². The van der Waals surface area contributed by atoms with Crippen LogP contribution in [0, 0.1) is 5.82 Å². The predicted molar refractivity (Wildman–Crippen MR) is 64.5 cm³/mol. The van der Waals surface area contributed by atoms with Crippen LogP contribution in [0.15, 0.2) is 41.0 Å². The highest BCUT2D eigenvalue weighted by molar-refractivity contribution is 6.01. The van der Waals surface area contributed by atoms with Gasteiger partial charge in [0.05, 0.1) is 18.9 Å². The molecule has 0 saturated heterocycles. The van der Waals surface area contributed by atoms with Crippen LogP contribution in [0.4, 0.5) is 4.39 Å². The summed E-state index contributed by atoms with van der Waals surface area (Å²) < 4.78 is 13.3. The highest BCUT2D eigenvalue weighted by Crippen LogP contribution is 2.07. The number of hydrogen-bond acceptors (Lipinski definition) is 4. The second kappa shape index (κ2) is 6.51. The summed E-state index contributed by atoms with van der Waals surface area (Å²) in [5, 5.41) is 17.6.